The molecular formula is C28H27N5O2. The van der Waals surface area contributed by atoms with Crippen LogP contribution in [0, 0.1) is 0 Å². The number of nitrogens with one attached hydrogen (secondary N) is 1. The van der Waals surface area contributed by atoms with Crippen molar-refractivity contribution in [2.75, 3.05) is 20.3 Å². The molecule has 3 aromatic heterocycles. The Morgan fingerprint density at radius 1 is 0.857 bits per heavy atom. The minimum absolute atomic E-state index is 0.592. The maximum atomic E-state index is 5.85. The van der Waals surface area contributed by atoms with Crippen molar-refractivity contribution in [3.63, 3.8) is 0 Å². The molecular weight excluding hydrogens is 438 g/mol. The van der Waals surface area contributed by atoms with Gasteiger partial charge in [-0.3, -0.25) is 4.98 Å². The zero-order chi connectivity index (χ0) is 23.9. The molecule has 2 aromatic carbocycles. The maximum Gasteiger partial charge on any atom is 0.156 e. The van der Waals surface area contributed by atoms with E-state index in [0.29, 0.717) is 13.0 Å². The monoisotopic (exact) mass is 465 g/mol. The molecule has 3 heterocycles. The molecule has 0 saturated heterocycles. The lowest BCUT2D eigenvalue weighted by molar-refractivity contribution is 0.313. The van der Waals surface area contributed by atoms with Gasteiger partial charge in [0.25, 0.3) is 0 Å². The summed E-state index contributed by atoms with van der Waals surface area (Å²) in [6, 6.07) is 28.0. The predicted octanol–water partition coefficient (Wildman–Crippen LogP) is 4.56. The molecule has 35 heavy (non-hydrogen) atoms. The van der Waals surface area contributed by atoms with E-state index in [1.165, 1.54) is 0 Å². The first kappa shape index (κ1) is 22.6. The highest BCUT2D eigenvalue weighted by Crippen LogP contribution is 2.23. The van der Waals surface area contributed by atoms with Crippen LogP contribution >= 0.6 is 0 Å². The van der Waals surface area contributed by atoms with Crippen LogP contribution in [0.5, 0.6) is 11.5 Å². The van der Waals surface area contributed by atoms with Gasteiger partial charge in [0.15, 0.2) is 11.5 Å². The Bertz CT molecular complexity index is 1370. The number of aromatic nitrogens is 4. The average Bonchev–Trinajstić information content (AvgIpc) is 3.33. The van der Waals surface area contributed by atoms with Gasteiger partial charge < -0.3 is 14.8 Å². The van der Waals surface area contributed by atoms with E-state index in [0.717, 1.165) is 58.6 Å². The normalized spacial score (nSPS) is 11.0. The number of hydrogen-bond donors (Lipinski definition) is 1. The minimum atomic E-state index is 0.592. The van der Waals surface area contributed by atoms with Crippen molar-refractivity contribution in [2.24, 2.45) is 0 Å². The first-order valence-corrected chi connectivity index (χ1v) is 11.6. The van der Waals surface area contributed by atoms with Gasteiger partial charge in [-0.2, -0.15) is 5.10 Å². The molecule has 5 aromatic rings. The van der Waals surface area contributed by atoms with Gasteiger partial charge in [-0.15, -0.1) is 0 Å². The van der Waals surface area contributed by atoms with Crippen LogP contribution in [-0.2, 0) is 13.0 Å². The van der Waals surface area contributed by atoms with E-state index in [1.807, 2.05) is 77.3 Å². The second kappa shape index (κ2) is 10.8. The summed E-state index contributed by atoms with van der Waals surface area (Å²) in [5.74, 6) is 2.45. The Balaban J connectivity index is 1.18. The number of pyridine rings is 2. The van der Waals surface area contributed by atoms with Gasteiger partial charge in [0.2, 0.25) is 0 Å². The molecule has 1 N–H and O–H groups in total. The second-order valence-electron chi connectivity index (χ2n) is 8.10. The molecule has 5 rings (SSSR count). The number of hydrogen-bond acceptors (Lipinski definition) is 6. The SMILES string of the molecule is COc1ccc(-c2cccc3nc(Cc4ccc(OCCNCc5ccccn5)cc4)nn23)cc1. The molecule has 0 fully saturated rings. The highest BCUT2D eigenvalue weighted by Gasteiger charge is 2.10. The highest BCUT2D eigenvalue weighted by atomic mass is 16.5. The molecule has 0 amide bonds. The summed E-state index contributed by atoms with van der Waals surface area (Å²) < 4.78 is 13.0. The lowest BCUT2D eigenvalue weighted by atomic mass is 10.1. The third kappa shape index (κ3) is 5.65. The number of rotatable bonds is 10. The van der Waals surface area contributed by atoms with Crippen LogP contribution in [0.15, 0.2) is 91.1 Å². The molecule has 0 radical (unpaired) electrons. The number of fused-ring (bicyclic) bond motifs is 1. The molecule has 0 aliphatic heterocycles. The molecule has 7 heteroatoms. The Hall–Kier alpha value is -4.23. The zero-order valence-electron chi connectivity index (χ0n) is 19.6. The van der Waals surface area contributed by atoms with Crippen LogP contribution in [0.1, 0.15) is 17.1 Å². The number of methoxy groups -OCH3 is 1. The van der Waals surface area contributed by atoms with Crippen molar-refractivity contribution in [3.8, 4) is 22.8 Å². The van der Waals surface area contributed by atoms with Crippen LogP contribution in [0.3, 0.4) is 0 Å². The smallest absolute Gasteiger partial charge is 0.156 e. The fourth-order valence-corrected chi connectivity index (χ4v) is 3.85. The van der Waals surface area contributed by atoms with Gasteiger partial charge >= 0.3 is 0 Å². The topological polar surface area (TPSA) is 73.6 Å². The van der Waals surface area contributed by atoms with E-state index in [9.17, 15) is 0 Å². The second-order valence-corrected chi connectivity index (χ2v) is 8.10. The molecule has 0 saturated carbocycles. The van der Waals surface area contributed by atoms with Crippen molar-refractivity contribution in [3.05, 3.63) is 108 Å². The number of benzene rings is 2. The van der Waals surface area contributed by atoms with E-state index in [2.05, 4.69) is 22.4 Å². The largest absolute Gasteiger partial charge is 0.497 e. The molecule has 0 spiro atoms. The van der Waals surface area contributed by atoms with Crippen molar-refractivity contribution < 1.29 is 9.47 Å². The van der Waals surface area contributed by atoms with E-state index in [-0.39, 0.29) is 0 Å². The van der Waals surface area contributed by atoms with Crippen molar-refractivity contribution in [1.29, 1.82) is 0 Å². The Labute approximate surface area is 204 Å². The van der Waals surface area contributed by atoms with E-state index in [4.69, 9.17) is 19.6 Å². The summed E-state index contributed by atoms with van der Waals surface area (Å²) in [5.41, 5.74) is 5.03. The fourth-order valence-electron chi connectivity index (χ4n) is 3.85. The molecule has 0 unspecified atom stereocenters. The predicted molar refractivity (Wildman–Crippen MR) is 136 cm³/mol. The van der Waals surface area contributed by atoms with E-state index < -0.39 is 0 Å². The van der Waals surface area contributed by atoms with Gasteiger partial charge in [-0.25, -0.2) is 9.50 Å². The van der Waals surface area contributed by atoms with Crippen LogP contribution in [-0.4, -0.2) is 39.8 Å². The van der Waals surface area contributed by atoms with Gasteiger partial charge in [-0.05, 0) is 66.2 Å². The summed E-state index contributed by atoms with van der Waals surface area (Å²) >= 11 is 0. The third-order valence-electron chi connectivity index (χ3n) is 5.65. The van der Waals surface area contributed by atoms with Gasteiger partial charge in [0.1, 0.15) is 18.1 Å². The zero-order valence-corrected chi connectivity index (χ0v) is 19.6. The number of ether oxygens (including phenoxy) is 2. The summed E-state index contributed by atoms with van der Waals surface area (Å²) in [6.45, 7) is 2.07. The Morgan fingerprint density at radius 3 is 2.46 bits per heavy atom. The van der Waals surface area contributed by atoms with E-state index >= 15 is 0 Å². The van der Waals surface area contributed by atoms with Gasteiger partial charge in [0.05, 0.1) is 18.5 Å². The lowest BCUT2D eigenvalue weighted by Gasteiger charge is -2.08. The highest BCUT2D eigenvalue weighted by molar-refractivity contribution is 5.63. The van der Waals surface area contributed by atoms with Crippen LogP contribution in [0.4, 0.5) is 0 Å². The first-order valence-electron chi connectivity index (χ1n) is 11.6. The number of nitrogens with zero attached hydrogens (tertiary/aromatic N) is 4. The molecule has 0 bridgehead atoms. The van der Waals surface area contributed by atoms with Crippen molar-refractivity contribution in [1.82, 2.24) is 24.9 Å². The summed E-state index contributed by atoms with van der Waals surface area (Å²) in [5, 5.41) is 8.11. The summed E-state index contributed by atoms with van der Waals surface area (Å²) in [7, 11) is 1.67. The maximum absolute atomic E-state index is 5.85. The average molecular weight is 466 g/mol. The summed E-state index contributed by atoms with van der Waals surface area (Å²) in [6.07, 6.45) is 2.45. The standard InChI is InChI=1S/C28H27N5O2/c1-34-24-14-10-22(11-15-24)26-6-4-7-28-31-27(32-33(26)28)19-21-8-12-25(13-9-21)35-18-17-29-20-23-5-2-3-16-30-23/h2-16,29H,17-20H2,1H3. The first-order chi connectivity index (χ1) is 17.3. The fraction of sp³-hybridized carbons (Fsp3) is 0.179. The molecule has 0 atom stereocenters. The van der Waals surface area contributed by atoms with Crippen molar-refractivity contribution in [2.45, 2.75) is 13.0 Å². The van der Waals surface area contributed by atoms with Gasteiger partial charge in [0, 0.05) is 31.3 Å². The third-order valence-corrected chi connectivity index (χ3v) is 5.65. The Kier molecular flexibility index (Phi) is 6.96. The minimum Gasteiger partial charge on any atom is -0.497 e. The molecule has 7 nitrogen and oxygen atoms in total. The van der Waals surface area contributed by atoms with Crippen LogP contribution in [0.25, 0.3) is 16.9 Å². The van der Waals surface area contributed by atoms with Gasteiger partial charge in [-0.1, -0.05) is 24.3 Å². The molecule has 0 aliphatic carbocycles. The molecule has 176 valence electrons. The van der Waals surface area contributed by atoms with E-state index in [1.54, 1.807) is 13.3 Å². The lowest BCUT2D eigenvalue weighted by Crippen LogP contribution is -2.21. The Morgan fingerprint density at radius 2 is 1.69 bits per heavy atom. The van der Waals surface area contributed by atoms with Crippen LogP contribution < -0.4 is 14.8 Å². The molecule has 0 aliphatic rings. The van der Waals surface area contributed by atoms with Crippen LogP contribution in [0.2, 0.25) is 0 Å². The quantitative estimate of drug-likeness (QED) is 0.305. The van der Waals surface area contributed by atoms with Crippen molar-refractivity contribution >= 4 is 5.65 Å². The summed E-state index contributed by atoms with van der Waals surface area (Å²) in [4.78, 5) is 9.03.